The van der Waals surface area contributed by atoms with E-state index in [0.29, 0.717) is 6.42 Å². The van der Waals surface area contributed by atoms with Crippen molar-refractivity contribution >= 4 is 11.9 Å². The van der Waals surface area contributed by atoms with Crippen LogP contribution in [-0.4, -0.2) is 89.0 Å². The number of carbonyl (C=O) groups excluding carboxylic acids is 2. The molecule has 0 amide bonds. The predicted octanol–water partition coefficient (Wildman–Crippen LogP) is 13.2. The second-order valence-electron chi connectivity index (χ2n) is 19.0. The highest BCUT2D eigenvalue weighted by atomic mass is 16.7. The first-order valence-electron chi connectivity index (χ1n) is 27.4. The van der Waals surface area contributed by atoms with Crippen molar-refractivity contribution in [2.24, 2.45) is 0 Å². The van der Waals surface area contributed by atoms with E-state index in [9.17, 15) is 30.0 Å². The quantitative estimate of drug-likeness (QED) is 0.0264. The van der Waals surface area contributed by atoms with Gasteiger partial charge < -0.3 is 39.4 Å². The average molecular weight is 923 g/mol. The molecule has 0 saturated carbocycles. The van der Waals surface area contributed by atoms with Crippen LogP contribution in [0, 0.1) is 0 Å². The van der Waals surface area contributed by atoms with E-state index in [1.165, 1.54) is 186 Å². The number of carbonyl (C=O) groups is 2. The molecule has 1 heterocycles. The first-order chi connectivity index (χ1) is 31.8. The molecule has 10 nitrogen and oxygen atoms in total. The van der Waals surface area contributed by atoms with Crippen LogP contribution in [0.1, 0.15) is 258 Å². The maximum atomic E-state index is 12.8. The Labute approximate surface area is 398 Å². The van der Waals surface area contributed by atoms with Gasteiger partial charge in [0.05, 0.1) is 13.2 Å². The van der Waals surface area contributed by atoms with E-state index in [0.717, 1.165) is 38.5 Å². The third-order valence-electron chi connectivity index (χ3n) is 12.8. The third-order valence-corrected chi connectivity index (χ3v) is 12.8. The highest BCUT2D eigenvalue weighted by Crippen LogP contribution is 2.23. The van der Waals surface area contributed by atoms with Crippen LogP contribution in [0.15, 0.2) is 24.3 Å². The molecule has 382 valence electrons. The Kier molecular flexibility index (Phi) is 43.2. The summed E-state index contributed by atoms with van der Waals surface area (Å²) in [6.45, 7) is 3.43. The summed E-state index contributed by atoms with van der Waals surface area (Å²) in [6.07, 6.45) is 46.3. The SMILES string of the molecule is CCCCCC/C=C/CCCCCCCCCCCC(=O)OC[C@H](CO[C@@H]1O[C@H](CO)[C@H](O)C(O)C1O)OC(=O)CCC/C=C/CCCCCCCCCCCCCCCCCCCC. The van der Waals surface area contributed by atoms with E-state index in [-0.39, 0.29) is 32.0 Å². The van der Waals surface area contributed by atoms with Crippen LogP contribution in [0.5, 0.6) is 0 Å². The second-order valence-corrected chi connectivity index (χ2v) is 19.0. The minimum absolute atomic E-state index is 0.185. The fourth-order valence-electron chi connectivity index (χ4n) is 8.48. The molecular weight excluding hydrogens is 821 g/mol. The molecule has 1 saturated heterocycles. The Morgan fingerprint density at radius 2 is 0.831 bits per heavy atom. The number of esters is 2. The summed E-state index contributed by atoms with van der Waals surface area (Å²) in [6, 6.07) is 0. The summed E-state index contributed by atoms with van der Waals surface area (Å²) in [7, 11) is 0. The predicted molar refractivity (Wildman–Crippen MR) is 266 cm³/mol. The van der Waals surface area contributed by atoms with Gasteiger partial charge in [0, 0.05) is 12.8 Å². The van der Waals surface area contributed by atoms with Gasteiger partial charge in [0.1, 0.15) is 31.0 Å². The van der Waals surface area contributed by atoms with Gasteiger partial charge in [0.2, 0.25) is 0 Å². The lowest BCUT2D eigenvalue weighted by Crippen LogP contribution is -2.59. The first kappa shape index (κ1) is 61.2. The van der Waals surface area contributed by atoms with E-state index >= 15 is 0 Å². The molecule has 0 aromatic carbocycles. The molecule has 1 aliphatic rings. The second kappa shape index (κ2) is 45.9. The first-order valence-corrected chi connectivity index (χ1v) is 27.4. The van der Waals surface area contributed by atoms with E-state index in [1.807, 2.05) is 0 Å². The van der Waals surface area contributed by atoms with Gasteiger partial charge in [-0.2, -0.15) is 0 Å². The summed E-state index contributed by atoms with van der Waals surface area (Å²) in [5.74, 6) is -0.834. The maximum absolute atomic E-state index is 12.8. The Hall–Kier alpha value is -1.82. The van der Waals surface area contributed by atoms with Crippen molar-refractivity contribution in [3.63, 3.8) is 0 Å². The molecule has 0 aromatic rings. The normalized spacial score (nSPS) is 19.4. The van der Waals surface area contributed by atoms with Gasteiger partial charge in [-0.25, -0.2) is 0 Å². The Bertz CT molecular complexity index is 1110. The van der Waals surface area contributed by atoms with Crippen LogP contribution < -0.4 is 0 Å². The van der Waals surface area contributed by atoms with Crippen molar-refractivity contribution in [1.82, 2.24) is 0 Å². The summed E-state index contributed by atoms with van der Waals surface area (Å²) in [4.78, 5) is 25.5. The topological polar surface area (TPSA) is 152 Å². The Morgan fingerprint density at radius 1 is 0.462 bits per heavy atom. The molecule has 4 N–H and O–H groups in total. The van der Waals surface area contributed by atoms with Gasteiger partial charge in [-0.3, -0.25) is 9.59 Å². The van der Waals surface area contributed by atoms with Gasteiger partial charge in [0.25, 0.3) is 0 Å². The van der Waals surface area contributed by atoms with Crippen LogP contribution in [0.2, 0.25) is 0 Å². The van der Waals surface area contributed by atoms with E-state index in [4.69, 9.17) is 18.9 Å². The van der Waals surface area contributed by atoms with Crippen LogP contribution in [0.4, 0.5) is 0 Å². The molecule has 65 heavy (non-hydrogen) atoms. The summed E-state index contributed by atoms with van der Waals surface area (Å²) < 4.78 is 22.2. The highest BCUT2D eigenvalue weighted by Gasteiger charge is 2.44. The minimum atomic E-state index is -1.60. The molecular formula is C55H102O10. The largest absolute Gasteiger partial charge is 0.462 e. The lowest BCUT2D eigenvalue weighted by Gasteiger charge is -2.39. The highest BCUT2D eigenvalue weighted by molar-refractivity contribution is 5.70. The molecule has 0 bridgehead atoms. The summed E-state index contributed by atoms with van der Waals surface area (Å²) in [5.41, 5.74) is 0. The smallest absolute Gasteiger partial charge is 0.306 e. The fraction of sp³-hybridized carbons (Fsp3) is 0.891. The molecule has 2 unspecified atom stereocenters. The van der Waals surface area contributed by atoms with Crippen LogP contribution in [0.3, 0.4) is 0 Å². The van der Waals surface area contributed by atoms with Crippen LogP contribution >= 0.6 is 0 Å². The summed E-state index contributed by atoms with van der Waals surface area (Å²) in [5, 5.41) is 40.2. The van der Waals surface area contributed by atoms with Crippen molar-refractivity contribution < 1.29 is 49.0 Å². The lowest BCUT2D eigenvalue weighted by molar-refractivity contribution is -0.305. The zero-order valence-corrected chi connectivity index (χ0v) is 42.0. The van der Waals surface area contributed by atoms with Crippen molar-refractivity contribution in [1.29, 1.82) is 0 Å². The Morgan fingerprint density at radius 3 is 1.26 bits per heavy atom. The number of rotatable bonds is 47. The molecule has 6 atom stereocenters. The van der Waals surface area contributed by atoms with Crippen molar-refractivity contribution in [2.75, 3.05) is 19.8 Å². The lowest BCUT2D eigenvalue weighted by atomic mass is 9.99. The zero-order chi connectivity index (χ0) is 47.3. The number of hydrogen-bond acceptors (Lipinski definition) is 10. The van der Waals surface area contributed by atoms with Gasteiger partial charge in [-0.15, -0.1) is 0 Å². The number of aliphatic hydroxyl groups excluding tert-OH is 4. The van der Waals surface area contributed by atoms with Crippen molar-refractivity contribution in [3.05, 3.63) is 24.3 Å². The number of ether oxygens (including phenoxy) is 4. The summed E-state index contributed by atoms with van der Waals surface area (Å²) >= 11 is 0. The maximum Gasteiger partial charge on any atom is 0.306 e. The van der Waals surface area contributed by atoms with Gasteiger partial charge in [-0.05, 0) is 57.8 Å². The van der Waals surface area contributed by atoms with Crippen molar-refractivity contribution in [2.45, 2.75) is 295 Å². The third kappa shape index (κ3) is 36.8. The van der Waals surface area contributed by atoms with Gasteiger partial charge >= 0.3 is 11.9 Å². The van der Waals surface area contributed by atoms with Gasteiger partial charge in [0.15, 0.2) is 12.4 Å². The average Bonchev–Trinajstić information content (AvgIpc) is 3.30. The van der Waals surface area contributed by atoms with Crippen molar-refractivity contribution in [3.8, 4) is 0 Å². The molecule has 1 rings (SSSR count). The van der Waals surface area contributed by atoms with E-state index in [1.54, 1.807) is 0 Å². The zero-order valence-electron chi connectivity index (χ0n) is 42.0. The number of allylic oxidation sites excluding steroid dienone is 4. The van der Waals surface area contributed by atoms with Gasteiger partial charge in [-0.1, -0.05) is 212 Å². The standard InChI is InChI=1S/C55H102O10/c1-3-5-7-9-11-13-15-17-19-21-22-23-24-25-26-28-30-32-34-36-38-40-42-44-51(58)64-48(47-63-55-54(61)53(60)52(59)49(45-56)65-55)46-62-50(57)43-41-39-37-35-33-31-29-27-20-18-16-14-12-10-8-6-4-2/h14,16,36,38,48-49,52-56,59-61H,3-13,15,17-35,37,39-47H2,1-2H3/b16-14+,38-36+/t48-,49-,52+,53?,54?,55-/m1/s1. The molecule has 0 spiro atoms. The van der Waals surface area contributed by atoms with Crippen LogP contribution in [-0.2, 0) is 28.5 Å². The van der Waals surface area contributed by atoms with E-state index < -0.39 is 49.4 Å². The number of unbranched alkanes of at least 4 members (excludes halogenated alkanes) is 32. The number of aliphatic hydroxyl groups is 4. The number of hydrogen-bond donors (Lipinski definition) is 4. The molecule has 1 aliphatic heterocycles. The van der Waals surface area contributed by atoms with Crippen LogP contribution in [0.25, 0.3) is 0 Å². The molecule has 0 aromatic heterocycles. The molecule has 1 fully saturated rings. The Balaban J connectivity index is 2.23. The fourth-order valence-corrected chi connectivity index (χ4v) is 8.48. The minimum Gasteiger partial charge on any atom is -0.462 e. The monoisotopic (exact) mass is 923 g/mol. The molecule has 0 aliphatic carbocycles. The molecule has 10 heteroatoms. The molecule has 0 radical (unpaired) electrons. The van der Waals surface area contributed by atoms with E-state index in [2.05, 4.69) is 38.2 Å².